The number of carbonyl (C=O) groups excluding carboxylic acids is 1. The van der Waals surface area contributed by atoms with Crippen molar-refractivity contribution in [1.29, 1.82) is 0 Å². The van der Waals surface area contributed by atoms with Gasteiger partial charge in [-0.25, -0.2) is 9.36 Å². The van der Waals surface area contributed by atoms with E-state index < -0.39 is 6.04 Å². The van der Waals surface area contributed by atoms with Crippen LogP contribution in [-0.4, -0.2) is 25.5 Å². The first-order chi connectivity index (χ1) is 15.4. The molecule has 0 bridgehead atoms. The zero-order chi connectivity index (χ0) is 22.8. The summed E-state index contributed by atoms with van der Waals surface area (Å²) in [7, 11) is 0. The summed E-state index contributed by atoms with van der Waals surface area (Å²) in [5.41, 5.74) is 4.51. The highest BCUT2D eigenvalue weighted by molar-refractivity contribution is 5.84. The highest BCUT2D eigenvalue weighted by Gasteiger charge is 2.25. The van der Waals surface area contributed by atoms with Crippen LogP contribution in [0.3, 0.4) is 0 Å². The van der Waals surface area contributed by atoms with E-state index in [1.807, 2.05) is 82.3 Å². The molecule has 7 nitrogen and oxygen atoms in total. The molecule has 2 aromatic carbocycles. The number of hydrogen-bond donors (Lipinski definition) is 1. The molecule has 0 saturated carbocycles. The van der Waals surface area contributed by atoms with Gasteiger partial charge < -0.3 is 5.32 Å². The van der Waals surface area contributed by atoms with Crippen molar-refractivity contribution >= 4 is 16.8 Å². The van der Waals surface area contributed by atoms with Gasteiger partial charge in [-0.2, -0.15) is 10.2 Å². The smallest absolute Gasteiger partial charge is 0.295 e. The molecule has 2 aromatic heterocycles. The molecule has 0 aliphatic carbocycles. The number of nitrogens with zero attached hydrogens (tertiary/aromatic N) is 4. The summed E-state index contributed by atoms with van der Waals surface area (Å²) in [5.74, 6) is -0.236. The van der Waals surface area contributed by atoms with Crippen LogP contribution >= 0.6 is 0 Å². The zero-order valence-electron chi connectivity index (χ0n) is 18.8. The Bertz CT molecular complexity index is 1320. The third kappa shape index (κ3) is 3.93. The van der Waals surface area contributed by atoms with E-state index in [0.717, 1.165) is 27.9 Å². The Morgan fingerprint density at radius 2 is 1.69 bits per heavy atom. The molecule has 2 heterocycles. The maximum atomic E-state index is 13.3. The summed E-state index contributed by atoms with van der Waals surface area (Å²) < 4.78 is 3.04. The maximum absolute atomic E-state index is 13.3. The second-order valence-corrected chi connectivity index (χ2v) is 8.02. The minimum absolute atomic E-state index is 0.236. The molecule has 0 spiro atoms. The molecule has 32 heavy (non-hydrogen) atoms. The van der Waals surface area contributed by atoms with Crippen molar-refractivity contribution in [2.75, 3.05) is 0 Å². The lowest BCUT2D eigenvalue weighted by atomic mass is 10.1. The molecular formula is C25H27N5O2. The molecule has 1 N–H and O–H groups in total. The minimum atomic E-state index is -0.710. The number of amides is 1. The van der Waals surface area contributed by atoms with Crippen LogP contribution in [0, 0.1) is 20.8 Å². The highest BCUT2D eigenvalue weighted by Crippen LogP contribution is 2.22. The Kier molecular flexibility index (Phi) is 5.90. The summed E-state index contributed by atoms with van der Waals surface area (Å²) in [4.78, 5) is 26.3. The predicted molar refractivity (Wildman–Crippen MR) is 125 cm³/mol. The average molecular weight is 430 g/mol. The van der Waals surface area contributed by atoms with Gasteiger partial charge in [-0.3, -0.25) is 9.59 Å². The Hall–Kier alpha value is -3.74. The van der Waals surface area contributed by atoms with E-state index in [1.54, 1.807) is 4.68 Å². The lowest BCUT2D eigenvalue weighted by molar-refractivity contribution is -0.125. The third-order valence-corrected chi connectivity index (χ3v) is 5.72. The molecule has 0 radical (unpaired) electrons. The van der Waals surface area contributed by atoms with Gasteiger partial charge in [0.1, 0.15) is 6.04 Å². The van der Waals surface area contributed by atoms with Crippen LogP contribution in [0.1, 0.15) is 41.9 Å². The van der Waals surface area contributed by atoms with Crippen LogP contribution in [0.4, 0.5) is 0 Å². The number of aryl methyl sites for hydroxylation is 3. The van der Waals surface area contributed by atoms with Gasteiger partial charge in [-0.15, -0.1) is 0 Å². The summed E-state index contributed by atoms with van der Waals surface area (Å²) in [5, 5.41) is 12.8. The standard InChI is InChI=1S/C25H27N5O2/c1-5-21(24(31)26-15-19-13-11-16(2)12-14-19)30-25(32)23-22(17(3)27-30)18(4)29(28-23)20-9-7-6-8-10-20/h6-14,21H,5,15H2,1-4H3,(H,26,31). The largest absolute Gasteiger partial charge is 0.350 e. The van der Waals surface area contributed by atoms with Gasteiger partial charge in [0, 0.05) is 6.54 Å². The number of para-hydroxylation sites is 1. The number of nitrogens with one attached hydrogen (secondary N) is 1. The fraction of sp³-hybridized carbons (Fsp3) is 0.280. The average Bonchev–Trinajstić information content (AvgIpc) is 3.15. The molecule has 0 aliphatic heterocycles. The van der Waals surface area contributed by atoms with Crippen LogP contribution in [0.2, 0.25) is 0 Å². The molecule has 164 valence electrons. The quantitative estimate of drug-likeness (QED) is 0.506. The Labute approximate surface area is 186 Å². The molecule has 1 amide bonds. The van der Waals surface area contributed by atoms with Gasteiger partial charge in [0.05, 0.1) is 22.5 Å². The minimum Gasteiger partial charge on any atom is -0.350 e. The molecule has 4 rings (SSSR count). The van der Waals surface area contributed by atoms with Crippen LogP contribution < -0.4 is 10.9 Å². The van der Waals surface area contributed by atoms with Gasteiger partial charge in [-0.05, 0) is 44.9 Å². The summed E-state index contributed by atoms with van der Waals surface area (Å²) >= 11 is 0. The normalized spacial score (nSPS) is 12.1. The first kappa shape index (κ1) is 21.5. The van der Waals surface area contributed by atoms with Gasteiger partial charge in [0.2, 0.25) is 5.91 Å². The van der Waals surface area contributed by atoms with E-state index in [-0.39, 0.29) is 11.5 Å². The van der Waals surface area contributed by atoms with Crippen molar-refractivity contribution in [2.24, 2.45) is 0 Å². The first-order valence-corrected chi connectivity index (χ1v) is 10.8. The van der Waals surface area contributed by atoms with Crippen molar-refractivity contribution in [3.05, 3.63) is 87.5 Å². The van der Waals surface area contributed by atoms with Gasteiger partial charge >= 0.3 is 0 Å². The number of fused-ring (bicyclic) bond motifs is 1. The molecule has 4 aromatic rings. The maximum Gasteiger partial charge on any atom is 0.295 e. The third-order valence-electron chi connectivity index (χ3n) is 5.72. The summed E-state index contributed by atoms with van der Waals surface area (Å²) in [6.07, 6.45) is 0.440. The number of rotatable bonds is 6. The van der Waals surface area contributed by atoms with Gasteiger partial charge in [0.25, 0.3) is 5.56 Å². The van der Waals surface area contributed by atoms with E-state index in [2.05, 4.69) is 15.5 Å². The van der Waals surface area contributed by atoms with Crippen molar-refractivity contribution in [2.45, 2.75) is 46.7 Å². The van der Waals surface area contributed by atoms with E-state index in [0.29, 0.717) is 24.2 Å². The number of aromatic nitrogens is 4. The molecule has 0 saturated heterocycles. The Morgan fingerprint density at radius 3 is 2.34 bits per heavy atom. The van der Waals surface area contributed by atoms with Crippen LogP contribution in [-0.2, 0) is 11.3 Å². The van der Waals surface area contributed by atoms with Crippen LogP contribution in [0.25, 0.3) is 16.6 Å². The van der Waals surface area contributed by atoms with E-state index in [4.69, 9.17) is 0 Å². The molecule has 1 unspecified atom stereocenters. The lowest BCUT2D eigenvalue weighted by Crippen LogP contribution is -2.38. The molecular weight excluding hydrogens is 402 g/mol. The Morgan fingerprint density at radius 1 is 1.00 bits per heavy atom. The van der Waals surface area contributed by atoms with Crippen molar-refractivity contribution in [1.82, 2.24) is 24.9 Å². The Balaban J connectivity index is 1.69. The summed E-state index contributed by atoms with van der Waals surface area (Å²) in [6, 6.07) is 16.9. The lowest BCUT2D eigenvalue weighted by Gasteiger charge is -2.17. The van der Waals surface area contributed by atoms with Crippen LogP contribution in [0.5, 0.6) is 0 Å². The van der Waals surface area contributed by atoms with Crippen molar-refractivity contribution in [3.8, 4) is 5.69 Å². The summed E-state index contributed by atoms with van der Waals surface area (Å²) in [6.45, 7) is 8.06. The second-order valence-electron chi connectivity index (χ2n) is 8.02. The van der Waals surface area contributed by atoms with E-state index in [9.17, 15) is 9.59 Å². The number of benzene rings is 2. The predicted octanol–water partition coefficient (Wildman–Crippen LogP) is 3.77. The molecule has 0 aliphatic rings. The monoisotopic (exact) mass is 429 g/mol. The molecule has 0 fully saturated rings. The van der Waals surface area contributed by atoms with Crippen LogP contribution in [0.15, 0.2) is 59.4 Å². The zero-order valence-corrected chi connectivity index (χ0v) is 18.8. The number of carbonyl (C=O) groups is 1. The van der Waals surface area contributed by atoms with Gasteiger partial charge in [0.15, 0.2) is 5.52 Å². The SMILES string of the molecule is CCC(C(=O)NCc1ccc(C)cc1)n1nc(C)c2c(C)n(-c3ccccc3)nc2c1=O. The fourth-order valence-corrected chi connectivity index (χ4v) is 3.96. The van der Waals surface area contributed by atoms with E-state index >= 15 is 0 Å². The molecule has 7 heteroatoms. The van der Waals surface area contributed by atoms with Gasteiger partial charge in [-0.1, -0.05) is 55.0 Å². The second kappa shape index (κ2) is 8.78. The molecule has 1 atom stereocenters. The number of hydrogen-bond acceptors (Lipinski definition) is 4. The first-order valence-electron chi connectivity index (χ1n) is 10.8. The fourth-order valence-electron chi connectivity index (χ4n) is 3.96. The van der Waals surface area contributed by atoms with E-state index in [1.165, 1.54) is 4.68 Å². The highest BCUT2D eigenvalue weighted by atomic mass is 16.2. The topological polar surface area (TPSA) is 81.8 Å². The van der Waals surface area contributed by atoms with Crippen molar-refractivity contribution < 1.29 is 4.79 Å². The van der Waals surface area contributed by atoms with Crippen molar-refractivity contribution in [3.63, 3.8) is 0 Å².